The molecule has 1 saturated heterocycles. The predicted octanol–water partition coefficient (Wildman–Crippen LogP) is 2.70. The van der Waals surface area contributed by atoms with E-state index in [4.69, 9.17) is 4.84 Å². The quantitative estimate of drug-likeness (QED) is 0.723. The van der Waals surface area contributed by atoms with Crippen molar-refractivity contribution < 1.29 is 13.6 Å². The van der Waals surface area contributed by atoms with Crippen molar-refractivity contribution in [1.82, 2.24) is 5.06 Å². The molecule has 0 N–H and O–H groups in total. The van der Waals surface area contributed by atoms with E-state index in [1.165, 1.54) is 5.06 Å². The van der Waals surface area contributed by atoms with Gasteiger partial charge < -0.3 is 0 Å². The third-order valence-corrected chi connectivity index (χ3v) is 3.53. The summed E-state index contributed by atoms with van der Waals surface area (Å²) in [4.78, 5) is 5.43. The van der Waals surface area contributed by atoms with Crippen LogP contribution in [0.3, 0.4) is 0 Å². The number of piperidine rings is 1. The lowest BCUT2D eigenvalue weighted by atomic mass is 10.1. The van der Waals surface area contributed by atoms with E-state index in [0.29, 0.717) is 30.9 Å². The minimum Gasteiger partial charge on any atom is -0.298 e. The van der Waals surface area contributed by atoms with Crippen LogP contribution in [0.15, 0.2) is 0 Å². The summed E-state index contributed by atoms with van der Waals surface area (Å²) in [5, 5.41) is 1.44. The average molecular weight is 219 g/mol. The van der Waals surface area contributed by atoms with Gasteiger partial charge >= 0.3 is 0 Å². The Morgan fingerprint density at radius 2 is 2.07 bits per heavy atom. The molecule has 2 rings (SSSR count). The Hall–Kier alpha value is -0.220. The molecule has 1 unspecified atom stereocenters. The Bertz CT molecular complexity index is 243. The first-order valence-corrected chi connectivity index (χ1v) is 5.65. The van der Waals surface area contributed by atoms with Crippen LogP contribution in [-0.2, 0) is 4.84 Å². The number of alkyl halides is 2. The number of nitrogens with zero attached hydrogens (tertiary/aromatic N) is 1. The topological polar surface area (TPSA) is 12.5 Å². The van der Waals surface area contributed by atoms with Gasteiger partial charge in [0.1, 0.15) is 0 Å². The summed E-state index contributed by atoms with van der Waals surface area (Å²) in [6, 6.07) is 0. The maximum absolute atomic E-state index is 13.0. The zero-order valence-electron chi connectivity index (χ0n) is 9.43. The molecule has 0 spiro atoms. The van der Waals surface area contributed by atoms with Crippen molar-refractivity contribution in [2.45, 2.75) is 39.0 Å². The molecule has 0 bridgehead atoms. The van der Waals surface area contributed by atoms with Crippen molar-refractivity contribution in [2.24, 2.45) is 11.3 Å². The van der Waals surface area contributed by atoms with Gasteiger partial charge in [-0.3, -0.25) is 4.84 Å². The molecule has 2 fully saturated rings. The standard InChI is InChI=1S/C11H19F2NO/c1-10(2)6-9(10)7-15-14-5-3-4-11(12,13)8-14/h9H,3-8H2,1-2H3. The second-order valence-electron chi connectivity index (χ2n) is 5.51. The van der Waals surface area contributed by atoms with E-state index < -0.39 is 5.92 Å². The van der Waals surface area contributed by atoms with Crippen LogP contribution in [0.1, 0.15) is 33.1 Å². The van der Waals surface area contributed by atoms with Crippen LogP contribution in [0.2, 0.25) is 0 Å². The van der Waals surface area contributed by atoms with E-state index >= 15 is 0 Å². The first kappa shape index (κ1) is 11.3. The molecule has 4 heteroatoms. The normalized spacial score (nSPS) is 34.0. The van der Waals surface area contributed by atoms with Crippen molar-refractivity contribution in [2.75, 3.05) is 19.7 Å². The van der Waals surface area contributed by atoms with Crippen LogP contribution < -0.4 is 0 Å². The monoisotopic (exact) mass is 219 g/mol. The summed E-state index contributed by atoms with van der Waals surface area (Å²) in [6.45, 7) is 5.38. The van der Waals surface area contributed by atoms with E-state index in [-0.39, 0.29) is 13.0 Å². The fourth-order valence-corrected chi connectivity index (χ4v) is 2.10. The van der Waals surface area contributed by atoms with Crippen molar-refractivity contribution in [1.29, 1.82) is 0 Å². The highest BCUT2D eigenvalue weighted by molar-refractivity contribution is 4.94. The molecule has 1 aliphatic carbocycles. The first-order chi connectivity index (χ1) is 6.89. The average Bonchev–Trinajstić information content (AvgIpc) is 2.69. The summed E-state index contributed by atoms with van der Waals surface area (Å²) < 4.78 is 26.0. The van der Waals surface area contributed by atoms with Crippen molar-refractivity contribution in [3.63, 3.8) is 0 Å². The van der Waals surface area contributed by atoms with Gasteiger partial charge in [0.15, 0.2) is 0 Å². The van der Waals surface area contributed by atoms with Gasteiger partial charge in [-0.1, -0.05) is 13.8 Å². The van der Waals surface area contributed by atoms with Crippen molar-refractivity contribution in [3.05, 3.63) is 0 Å². The van der Waals surface area contributed by atoms with E-state index in [1.54, 1.807) is 0 Å². The van der Waals surface area contributed by atoms with Crippen LogP contribution in [-0.4, -0.2) is 30.7 Å². The molecule has 0 radical (unpaired) electrons. The lowest BCUT2D eigenvalue weighted by Gasteiger charge is -2.31. The van der Waals surface area contributed by atoms with Crippen molar-refractivity contribution in [3.8, 4) is 0 Å². The van der Waals surface area contributed by atoms with Crippen LogP contribution in [0.5, 0.6) is 0 Å². The number of rotatable bonds is 3. The summed E-state index contributed by atoms with van der Waals surface area (Å²) in [6.07, 6.45) is 1.68. The minimum absolute atomic E-state index is 0.00177. The molecule has 1 aliphatic heterocycles. The van der Waals surface area contributed by atoms with Gasteiger partial charge in [-0.15, -0.1) is 0 Å². The number of hydrogen-bond donors (Lipinski definition) is 0. The Labute approximate surface area is 89.5 Å². The number of hydroxylamine groups is 2. The molecule has 0 aromatic rings. The lowest BCUT2D eigenvalue weighted by Crippen LogP contribution is -2.42. The Morgan fingerprint density at radius 1 is 1.40 bits per heavy atom. The minimum atomic E-state index is -2.56. The first-order valence-electron chi connectivity index (χ1n) is 5.65. The van der Waals surface area contributed by atoms with E-state index in [2.05, 4.69) is 13.8 Å². The molecular formula is C11H19F2NO. The molecule has 15 heavy (non-hydrogen) atoms. The van der Waals surface area contributed by atoms with Crippen LogP contribution in [0, 0.1) is 11.3 Å². The fourth-order valence-electron chi connectivity index (χ4n) is 2.10. The van der Waals surface area contributed by atoms with Crippen LogP contribution in [0.4, 0.5) is 8.78 Å². The Kier molecular flexibility index (Phi) is 2.75. The molecule has 0 aromatic carbocycles. The third kappa shape index (κ3) is 2.88. The number of hydrogen-bond acceptors (Lipinski definition) is 2. The molecular weight excluding hydrogens is 200 g/mol. The maximum Gasteiger partial charge on any atom is 0.262 e. The van der Waals surface area contributed by atoms with Gasteiger partial charge in [0.2, 0.25) is 0 Å². The highest BCUT2D eigenvalue weighted by Crippen LogP contribution is 2.51. The molecule has 0 aromatic heterocycles. The molecule has 0 amide bonds. The van der Waals surface area contributed by atoms with E-state index in [0.717, 1.165) is 6.42 Å². The lowest BCUT2D eigenvalue weighted by molar-refractivity contribution is -0.222. The fraction of sp³-hybridized carbons (Fsp3) is 1.00. The van der Waals surface area contributed by atoms with Gasteiger partial charge in [-0.2, -0.15) is 5.06 Å². The van der Waals surface area contributed by atoms with Gasteiger partial charge in [0.05, 0.1) is 13.2 Å². The summed E-state index contributed by atoms with van der Waals surface area (Å²) in [5.41, 5.74) is 0.359. The smallest absolute Gasteiger partial charge is 0.262 e. The maximum atomic E-state index is 13.0. The Morgan fingerprint density at radius 3 is 2.60 bits per heavy atom. The van der Waals surface area contributed by atoms with Gasteiger partial charge in [-0.05, 0) is 24.2 Å². The summed E-state index contributed by atoms with van der Waals surface area (Å²) in [5.74, 6) is -2.01. The molecule has 1 saturated carbocycles. The Balaban J connectivity index is 1.71. The largest absolute Gasteiger partial charge is 0.298 e. The van der Waals surface area contributed by atoms with Gasteiger partial charge in [0, 0.05) is 13.0 Å². The molecule has 2 nitrogen and oxygen atoms in total. The van der Waals surface area contributed by atoms with E-state index in [1.807, 2.05) is 0 Å². The van der Waals surface area contributed by atoms with Crippen molar-refractivity contribution >= 4 is 0 Å². The highest BCUT2D eigenvalue weighted by atomic mass is 19.3. The summed E-state index contributed by atoms with van der Waals surface area (Å²) in [7, 11) is 0. The second-order valence-corrected chi connectivity index (χ2v) is 5.51. The molecule has 1 atom stereocenters. The zero-order chi connectivity index (χ0) is 11.1. The van der Waals surface area contributed by atoms with Gasteiger partial charge in [-0.25, -0.2) is 8.78 Å². The number of halogens is 2. The zero-order valence-corrected chi connectivity index (χ0v) is 9.43. The van der Waals surface area contributed by atoms with Gasteiger partial charge in [0.25, 0.3) is 5.92 Å². The predicted molar refractivity (Wildman–Crippen MR) is 53.6 cm³/mol. The SMILES string of the molecule is CC1(C)CC1CON1CCCC(F)(F)C1. The van der Waals surface area contributed by atoms with E-state index in [9.17, 15) is 8.78 Å². The molecule has 1 heterocycles. The summed E-state index contributed by atoms with van der Waals surface area (Å²) >= 11 is 0. The van der Waals surface area contributed by atoms with Crippen LogP contribution in [0.25, 0.3) is 0 Å². The van der Waals surface area contributed by atoms with Crippen LogP contribution >= 0.6 is 0 Å². The molecule has 88 valence electrons. The second kappa shape index (κ2) is 3.67. The third-order valence-electron chi connectivity index (χ3n) is 3.53. The molecule has 2 aliphatic rings. The highest BCUT2D eigenvalue weighted by Gasteiger charge is 2.46.